The van der Waals surface area contributed by atoms with Crippen LogP contribution in [-0.4, -0.2) is 24.4 Å². The maximum absolute atomic E-state index is 11.7. The fourth-order valence-corrected chi connectivity index (χ4v) is 1.87. The van der Waals surface area contributed by atoms with Gasteiger partial charge in [-0.1, -0.05) is 26.0 Å². The average Bonchev–Trinajstić information content (AvgIpc) is 2.37. The Hall–Kier alpha value is -1.15. The minimum Gasteiger partial charge on any atom is -0.346 e. The number of halogens is 1. The van der Waals surface area contributed by atoms with Gasteiger partial charge < -0.3 is 16.4 Å². The van der Waals surface area contributed by atoms with Gasteiger partial charge in [-0.3, -0.25) is 9.59 Å². The summed E-state index contributed by atoms with van der Waals surface area (Å²) < 4.78 is 0.943. The molecule has 0 aromatic heterocycles. The van der Waals surface area contributed by atoms with Crippen molar-refractivity contribution in [3.8, 4) is 0 Å². The Morgan fingerprint density at radius 1 is 1.32 bits per heavy atom. The Labute approximate surface area is 126 Å². The maximum atomic E-state index is 11.7. The summed E-state index contributed by atoms with van der Waals surface area (Å²) in [6, 6.07) is 6.83. The van der Waals surface area contributed by atoms with Crippen molar-refractivity contribution >= 4 is 40.1 Å². The Bertz CT molecular complexity index is 463. The van der Waals surface area contributed by atoms with Crippen molar-refractivity contribution in [2.75, 3.05) is 11.9 Å². The lowest BCUT2D eigenvalue weighted by atomic mass is 10.1. The highest BCUT2D eigenvalue weighted by atomic mass is 127. The standard InChI is InChI=1S/C13H18IN3O2/c1-8(2)12(15)13(19)16-7-11(18)17-10-6-4-3-5-9(10)14/h3-6,8,12H,7,15H2,1-2H3,(H,16,19)(H,17,18)/t12-/m0/s1. The second-order valence-corrected chi connectivity index (χ2v) is 5.68. The molecule has 0 radical (unpaired) electrons. The number of hydrogen-bond acceptors (Lipinski definition) is 3. The SMILES string of the molecule is CC(C)[C@H](N)C(=O)NCC(=O)Nc1ccccc1I. The van der Waals surface area contributed by atoms with E-state index in [2.05, 4.69) is 33.2 Å². The van der Waals surface area contributed by atoms with Crippen LogP contribution in [0.4, 0.5) is 5.69 Å². The van der Waals surface area contributed by atoms with Crippen LogP contribution in [0.1, 0.15) is 13.8 Å². The zero-order valence-electron chi connectivity index (χ0n) is 10.9. The van der Waals surface area contributed by atoms with E-state index < -0.39 is 6.04 Å². The summed E-state index contributed by atoms with van der Waals surface area (Å²) in [6.07, 6.45) is 0. The zero-order valence-corrected chi connectivity index (χ0v) is 13.1. The van der Waals surface area contributed by atoms with Gasteiger partial charge in [0.2, 0.25) is 11.8 Å². The fourth-order valence-electron chi connectivity index (χ4n) is 1.34. The Morgan fingerprint density at radius 2 is 1.95 bits per heavy atom. The number of nitrogens with two attached hydrogens (primary N) is 1. The molecule has 6 heteroatoms. The molecule has 19 heavy (non-hydrogen) atoms. The lowest BCUT2D eigenvalue weighted by Crippen LogP contribution is -2.46. The molecule has 1 rings (SSSR count). The highest BCUT2D eigenvalue weighted by Crippen LogP contribution is 2.16. The van der Waals surface area contributed by atoms with E-state index in [-0.39, 0.29) is 24.3 Å². The summed E-state index contributed by atoms with van der Waals surface area (Å²) in [5.41, 5.74) is 6.41. The third kappa shape index (κ3) is 5.15. The minimum atomic E-state index is -0.593. The Balaban J connectivity index is 2.45. The molecule has 4 N–H and O–H groups in total. The number of carbonyl (C=O) groups is 2. The molecule has 1 aromatic carbocycles. The molecule has 2 amide bonds. The molecule has 0 aliphatic rings. The molecule has 0 saturated carbocycles. The summed E-state index contributed by atoms with van der Waals surface area (Å²) in [4.78, 5) is 23.3. The van der Waals surface area contributed by atoms with E-state index in [0.29, 0.717) is 0 Å². The third-order valence-electron chi connectivity index (χ3n) is 2.59. The molecular formula is C13H18IN3O2. The number of nitrogens with one attached hydrogen (secondary N) is 2. The van der Waals surface area contributed by atoms with Crippen molar-refractivity contribution in [3.63, 3.8) is 0 Å². The second-order valence-electron chi connectivity index (χ2n) is 4.52. The van der Waals surface area contributed by atoms with Crippen LogP contribution < -0.4 is 16.4 Å². The zero-order chi connectivity index (χ0) is 14.4. The molecule has 104 valence electrons. The van der Waals surface area contributed by atoms with Crippen LogP contribution in [-0.2, 0) is 9.59 Å². The van der Waals surface area contributed by atoms with E-state index >= 15 is 0 Å². The molecule has 5 nitrogen and oxygen atoms in total. The van der Waals surface area contributed by atoms with Crippen molar-refractivity contribution in [2.45, 2.75) is 19.9 Å². The summed E-state index contributed by atoms with van der Waals surface area (Å²) in [6.45, 7) is 3.64. The number of carbonyl (C=O) groups excluding carboxylic acids is 2. The number of amides is 2. The lowest BCUT2D eigenvalue weighted by Gasteiger charge is -2.15. The largest absolute Gasteiger partial charge is 0.346 e. The van der Waals surface area contributed by atoms with Gasteiger partial charge in [0.05, 0.1) is 18.3 Å². The normalized spacial score (nSPS) is 12.1. The first kappa shape index (κ1) is 15.9. The molecule has 0 saturated heterocycles. The van der Waals surface area contributed by atoms with Gasteiger partial charge >= 0.3 is 0 Å². The summed E-state index contributed by atoms with van der Waals surface area (Å²) in [5.74, 6) is -0.542. The first-order valence-electron chi connectivity index (χ1n) is 5.99. The molecule has 0 heterocycles. The quantitative estimate of drug-likeness (QED) is 0.679. The van der Waals surface area contributed by atoms with Gasteiger partial charge in [-0.25, -0.2) is 0 Å². The third-order valence-corrected chi connectivity index (χ3v) is 3.53. The van der Waals surface area contributed by atoms with Gasteiger partial charge in [0, 0.05) is 3.57 Å². The van der Waals surface area contributed by atoms with Gasteiger partial charge in [-0.15, -0.1) is 0 Å². The van der Waals surface area contributed by atoms with Crippen LogP contribution in [0.15, 0.2) is 24.3 Å². The van der Waals surface area contributed by atoms with E-state index in [1.54, 1.807) is 6.07 Å². The first-order valence-corrected chi connectivity index (χ1v) is 7.07. The molecule has 0 spiro atoms. The number of hydrogen-bond donors (Lipinski definition) is 3. The average molecular weight is 375 g/mol. The van der Waals surface area contributed by atoms with Crippen molar-refractivity contribution < 1.29 is 9.59 Å². The van der Waals surface area contributed by atoms with Gasteiger partial charge in [0.1, 0.15) is 0 Å². The Morgan fingerprint density at radius 3 is 2.53 bits per heavy atom. The van der Waals surface area contributed by atoms with Crippen LogP contribution >= 0.6 is 22.6 Å². The van der Waals surface area contributed by atoms with Crippen LogP contribution in [0.25, 0.3) is 0 Å². The molecule has 1 aromatic rings. The van der Waals surface area contributed by atoms with Crippen molar-refractivity contribution in [3.05, 3.63) is 27.8 Å². The molecular weight excluding hydrogens is 357 g/mol. The van der Waals surface area contributed by atoms with Crippen LogP contribution in [0.2, 0.25) is 0 Å². The van der Waals surface area contributed by atoms with Crippen molar-refractivity contribution in [1.82, 2.24) is 5.32 Å². The molecule has 0 fully saturated rings. The smallest absolute Gasteiger partial charge is 0.243 e. The lowest BCUT2D eigenvalue weighted by molar-refractivity contribution is -0.125. The van der Waals surface area contributed by atoms with Gasteiger partial charge in [0.25, 0.3) is 0 Å². The first-order chi connectivity index (χ1) is 8.91. The second kappa shape index (κ2) is 7.44. The number of rotatable bonds is 5. The van der Waals surface area contributed by atoms with Crippen LogP contribution in [0.5, 0.6) is 0 Å². The molecule has 0 bridgehead atoms. The van der Waals surface area contributed by atoms with E-state index in [1.165, 1.54) is 0 Å². The topological polar surface area (TPSA) is 84.2 Å². The highest BCUT2D eigenvalue weighted by Gasteiger charge is 2.17. The van der Waals surface area contributed by atoms with Gasteiger partial charge in [0.15, 0.2) is 0 Å². The fraction of sp³-hybridized carbons (Fsp3) is 0.385. The monoisotopic (exact) mass is 375 g/mol. The predicted molar refractivity (Wildman–Crippen MR) is 83.6 cm³/mol. The van der Waals surface area contributed by atoms with Crippen LogP contribution in [0.3, 0.4) is 0 Å². The summed E-state index contributed by atoms with van der Waals surface area (Å²) in [5, 5.41) is 5.26. The number of benzene rings is 1. The molecule has 1 atom stereocenters. The van der Waals surface area contributed by atoms with Gasteiger partial charge in [-0.05, 0) is 40.6 Å². The highest BCUT2D eigenvalue weighted by molar-refractivity contribution is 14.1. The predicted octanol–water partition coefficient (Wildman–Crippen LogP) is 1.33. The van der Waals surface area contributed by atoms with E-state index in [9.17, 15) is 9.59 Å². The minimum absolute atomic E-state index is 0.0399. The molecule has 0 unspecified atom stereocenters. The van der Waals surface area contributed by atoms with Crippen molar-refractivity contribution in [2.24, 2.45) is 11.7 Å². The van der Waals surface area contributed by atoms with E-state index in [4.69, 9.17) is 5.73 Å². The van der Waals surface area contributed by atoms with E-state index in [1.807, 2.05) is 32.0 Å². The van der Waals surface area contributed by atoms with Gasteiger partial charge in [-0.2, -0.15) is 0 Å². The Kier molecular flexibility index (Phi) is 6.23. The van der Waals surface area contributed by atoms with E-state index in [0.717, 1.165) is 9.26 Å². The summed E-state index contributed by atoms with van der Waals surface area (Å²) in [7, 11) is 0. The number of anilines is 1. The molecule has 0 aliphatic carbocycles. The molecule has 0 aliphatic heterocycles. The van der Waals surface area contributed by atoms with Crippen LogP contribution in [0, 0.1) is 9.49 Å². The maximum Gasteiger partial charge on any atom is 0.243 e. The summed E-state index contributed by atoms with van der Waals surface area (Å²) >= 11 is 2.13. The number of para-hydroxylation sites is 1. The van der Waals surface area contributed by atoms with Crippen molar-refractivity contribution in [1.29, 1.82) is 0 Å².